The number of hydrogen-bond donors (Lipinski definition) is 8. The van der Waals surface area contributed by atoms with Crippen molar-refractivity contribution >= 4 is 85.1 Å². The molecule has 1 aliphatic heterocycles. The van der Waals surface area contributed by atoms with Gasteiger partial charge in [0.2, 0.25) is 16.7 Å². The van der Waals surface area contributed by atoms with Crippen molar-refractivity contribution in [3.8, 4) is 16.8 Å². The van der Waals surface area contributed by atoms with Gasteiger partial charge in [-0.25, -0.2) is 9.98 Å². The van der Waals surface area contributed by atoms with Gasteiger partial charge >= 0.3 is 0 Å². The molecule has 1 aliphatic carbocycles. The van der Waals surface area contributed by atoms with E-state index in [9.17, 15) is 9.59 Å². The van der Waals surface area contributed by atoms with Crippen molar-refractivity contribution in [1.29, 1.82) is 0 Å². The first-order valence-electron chi connectivity index (χ1n) is 28.9. The van der Waals surface area contributed by atoms with Gasteiger partial charge in [-0.3, -0.25) is 9.59 Å². The molecule has 0 saturated carbocycles. The van der Waals surface area contributed by atoms with Crippen LogP contribution in [0.15, 0.2) is 162 Å². The average molecular weight is 1090 g/mol. The summed E-state index contributed by atoms with van der Waals surface area (Å²) in [5.41, 5.74) is 34.8. The fourth-order valence-electron chi connectivity index (χ4n) is 11.1. The largest absolute Gasteiger partial charge is 0.399 e. The minimum atomic E-state index is -0.0775. The van der Waals surface area contributed by atoms with Crippen molar-refractivity contribution in [1.82, 2.24) is 20.9 Å². The number of nitrogens with two attached hydrogens (primary N) is 2. The van der Waals surface area contributed by atoms with Crippen molar-refractivity contribution in [3.05, 3.63) is 185 Å². The summed E-state index contributed by atoms with van der Waals surface area (Å²) in [6.45, 7) is 11.4. The van der Waals surface area contributed by atoms with Crippen LogP contribution in [0.1, 0.15) is 95.7 Å². The van der Waals surface area contributed by atoms with Crippen molar-refractivity contribution in [3.63, 3.8) is 0 Å². The Kier molecular flexibility index (Phi) is 17.5. The van der Waals surface area contributed by atoms with Gasteiger partial charge in [0.05, 0.1) is 23.1 Å². The van der Waals surface area contributed by atoms with Crippen LogP contribution in [0.2, 0.25) is 0 Å². The van der Waals surface area contributed by atoms with Crippen molar-refractivity contribution in [2.75, 3.05) is 72.6 Å². The van der Waals surface area contributed by atoms with E-state index in [0.29, 0.717) is 24.2 Å². The van der Waals surface area contributed by atoms with Gasteiger partial charge in [0.25, 0.3) is 11.8 Å². The zero-order valence-corrected chi connectivity index (χ0v) is 48.2. The second-order valence-electron chi connectivity index (χ2n) is 21.7. The number of unbranched alkanes of at least 4 members (excludes halogenated alkanes) is 6. The highest BCUT2D eigenvalue weighted by atomic mass is 16.2. The highest BCUT2D eigenvalue weighted by Crippen LogP contribution is 2.44. The van der Waals surface area contributed by atoms with Crippen LogP contribution < -0.4 is 52.8 Å². The molecule has 0 fully saturated rings. The molecule has 420 valence electrons. The van der Waals surface area contributed by atoms with E-state index in [2.05, 4.69) is 142 Å². The first-order valence-corrected chi connectivity index (χ1v) is 28.9. The number of carbonyl (C=O) groups is 2. The smallest absolute Gasteiger partial charge is 0.251 e. The van der Waals surface area contributed by atoms with Crippen LogP contribution in [-0.2, 0) is 0 Å². The molecule has 10 N–H and O–H groups in total. The molecule has 14 heteroatoms. The molecular weight excluding hydrogens is 1020 g/mol. The van der Waals surface area contributed by atoms with Gasteiger partial charge in [0.1, 0.15) is 11.0 Å². The lowest BCUT2D eigenvalue weighted by atomic mass is 9.93. The number of benzene rings is 7. The van der Waals surface area contributed by atoms with Crippen LogP contribution >= 0.6 is 0 Å². The Hall–Kier alpha value is -9.17. The van der Waals surface area contributed by atoms with E-state index in [0.717, 1.165) is 183 Å². The zero-order valence-electron chi connectivity index (χ0n) is 48.2. The van der Waals surface area contributed by atoms with E-state index in [1.54, 1.807) is 0 Å². The summed E-state index contributed by atoms with van der Waals surface area (Å²) in [6.07, 6.45) is 12.5. The molecule has 0 saturated heterocycles. The monoisotopic (exact) mass is 1090 g/mol. The lowest BCUT2D eigenvalue weighted by Gasteiger charge is -2.39. The number of nitrogens with zero attached hydrogens (tertiary/aromatic N) is 4. The quantitative estimate of drug-likeness (QED) is 0.0132. The minimum Gasteiger partial charge on any atom is -0.399 e. The Morgan fingerprint density at radius 1 is 0.549 bits per heavy atom. The maximum Gasteiger partial charge on any atom is 0.251 e. The van der Waals surface area contributed by atoms with Gasteiger partial charge in [-0.2, -0.15) is 0 Å². The molecule has 1 atom stereocenters. The van der Waals surface area contributed by atoms with E-state index in [-0.39, 0.29) is 17.9 Å². The molecule has 0 bridgehead atoms. The summed E-state index contributed by atoms with van der Waals surface area (Å²) in [6, 6.07) is 44.3. The molecule has 10 rings (SSSR count). The molecule has 14 nitrogen and oxygen atoms in total. The summed E-state index contributed by atoms with van der Waals surface area (Å²) in [4.78, 5) is 38.7. The van der Waals surface area contributed by atoms with Crippen LogP contribution in [0.25, 0.3) is 38.9 Å². The van der Waals surface area contributed by atoms with Crippen molar-refractivity contribution in [2.45, 2.75) is 85.1 Å². The lowest BCUT2D eigenvalue weighted by Crippen LogP contribution is -2.41. The molecule has 8 aromatic rings. The normalized spacial score (nSPS) is 13.6. The number of fused-ring (bicyclic) bond motifs is 4. The predicted octanol–water partition coefficient (Wildman–Crippen LogP) is 12.9. The summed E-state index contributed by atoms with van der Waals surface area (Å²) in [5.74, 6) is -0.153. The summed E-state index contributed by atoms with van der Waals surface area (Å²) >= 11 is 0. The number of anilines is 7. The van der Waals surface area contributed by atoms with Gasteiger partial charge in [-0.05, 0) is 184 Å². The van der Waals surface area contributed by atoms with Crippen LogP contribution in [0, 0.1) is 20.8 Å². The summed E-state index contributed by atoms with van der Waals surface area (Å²) in [7, 11) is 3.90. The highest BCUT2D eigenvalue weighted by molar-refractivity contribution is 6.11. The van der Waals surface area contributed by atoms with E-state index >= 15 is 0 Å². The molecule has 2 amide bonds. The Morgan fingerprint density at radius 2 is 1.04 bits per heavy atom. The maximum atomic E-state index is 13.1. The Balaban J connectivity index is 0.620. The Bertz CT molecular complexity index is 3720. The van der Waals surface area contributed by atoms with Crippen LogP contribution in [0.3, 0.4) is 0 Å². The fraction of sp³-hybridized carbons (Fsp3) is 0.279. The number of aryl methyl sites for hydroxylation is 3. The number of rotatable bonds is 23. The standard InChI is InChI=1S/C68H76N12O2/c1-43-35-59-63(39-55(43)71-5)79(53-27-23-51(69)24-28-53)65-41-57(45(3)37-61(65)77-59)73-31-11-7-9-13-33-75-67(81)49-19-15-47(16-20-49)48-17-21-50(22-18-48)68(82)76-34-14-10-8-12-32-74-58-42-66-62(38-46(58)4)78-60-36-44(2)56(72-6)40-64(60)80(66)54-29-25-52(70)26-30-54/h15-30,35-42,65,71,73H,7-14,31-34,69-70H2,1-6H3,(H3,72,74,75,76,81,82)/p+1. The lowest BCUT2D eigenvalue weighted by molar-refractivity contribution is -0.538. The minimum absolute atomic E-state index is 0.0698. The molecule has 1 unspecified atom stereocenters. The second kappa shape index (κ2) is 25.5. The number of allylic oxidation sites excluding steroid dienone is 1. The molecule has 2 aliphatic rings. The van der Waals surface area contributed by atoms with Crippen molar-refractivity contribution < 1.29 is 14.2 Å². The van der Waals surface area contributed by atoms with Gasteiger partial charge in [0, 0.05) is 115 Å². The van der Waals surface area contributed by atoms with Gasteiger partial charge < -0.3 is 48.3 Å². The fourth-order valence-corrected chi connectivity index (χ4v) is 11.1. The van der Waals surface area contributed by atoms with Crippen LogP contribution in [0.4, 0.5) is 45.5 Å². The van der Waals surface area contributed by atoms with E-state index in [1.807, 2.05) is 86.9 Å². The van der Waals surface area contributed by atoms with Crippen molar-refractivity contribution in [2.24, 2.45) is 4.99 Å². The van der Waals surface area contributed by atoms with E-state index in [4.69, 9.17) is 21.4 Å². The van der Waals surface area contributed by atoms with Crippen LogP contribution in [0.5, 0.6) is 0 Å². The maximum absolute atomic E-state index is 13.1. The predicted molar refractivity (Wildman–Crippen MR) is 341 cm³/mol. The first kappa shape index (κ1) is 56.1. The Labute approximate surface area is 482 Å². The summed E-state index contributed by atoms with van der Waals surface area (Å²) < 4.78 is 2.27. The molecule has 1 aromatic heterocycles. The van der Waals surface area contributed by atoms with Gasteiger partial charge in [-0.1, -0.05) is 49.9 Å². The average Bonchev–Trinajstić information content (AvgIpc) is 3.63. The van der Waals surface area contributed by atoms with Crippen LogP contribution in [-0.4, -0.2) is 68.8 Å². The molecule has 7 aromatic carbocycles. The number of aliphatic imine (C=N–C) groups is 1. The van der Waals surface area contributed by atoms with E-state index in [1.165, 1.54) is 0 Å². The second-order valence-corrected chi connectivity index (χ2v) is 21.7. The third kappa shape index (κ3) is 12.7. The summed E-state index contributed by atoms with van der Waals surface area (Å²) in [5, 5.41) is 20.3. The first-order chi connectivity index (χ1) is 39.8. The van der Waals surface area contributed by atoms with Gasteiger partial charge in [-0.15, -0.1) is 4.57 Å². The zero-order chi connectivity index (χ0) is 57.3. The Morgan fingerprint density at radius 3 is 1.60 bits per heavy atom. The SMILES string of the molecule is CNc1cc2c(cc1C)N=C1C=C(C)C(NCCCCCCNC(=O)c3ccc(-c4ccc(C(=O)NCCCCCCNc5cc6c(cc5C)nc5cc(C)c(NC)cc5[n+]6-c5ccc(N)cc5)cc4)cc3)=CC1N2c1ccc(N)cc1. The number of carbonyl (C=O) groups excluding carboxylic acids is 2. The topological polar surface area (TPSA) is 191 Å². The molecular formula is C68H77N12O2+. The van der Waals surface area contributed by atoms with E-state index < -0.39 is 0 Å². The number of nitrogen functional groups attached to an aromatic ring is 2. The third-order valence-corrected chi connectivity index (χ3v) is 15.8. The molecule has 0 radical (unpaired) electrons. The van der Waals surface area contributed by atoms with Gasteiger partial charge in [0.15, 0.2) is 0 Å². The highest BCUT2D eigenvalue weighted by Gasteiger charge is 2.33. The molecule has 82 heavy (non-hydrogen) atoms. The number of amides is 2. The molecule has 2 heterocycles. The number of nitrogens with one attached hydrogen (secondary N) is 6. The third-order valence-electron chi connectivity index (χ3n) is 15.8. The number of hydrogen-bond acceptors (Lipinski definition) is 11. The molecule has 0 spiro atoms. The number of aromatic nitrogens is 2.